The Balaban J connectivity index is 1.99. The van der Waals surface area contributed by atoms with E-state index in [4.69, 9.17) is 9.47 Å². The van der Waals surface area contributed by atoms with Crippen LogP contribution >= 0.6 is 0 Å². The summed E-state index contributed by atoms with van der Waals surface area (Å²) < 4.78 is 11.0. The van der Waals surface area contributed by atoms with Crippen molar-refractivity contribution in [2.24, 2.45) is 0 Å². The molecule has 1 aliphatic heterocycles. The maximum atomic E-state index is 13.5. The standard InChI is InChI=1S/C29H29NO5/c1-6-19-10-12-21(13-11-19)30-25(20-8-7-9-22(16-20)34-4)24(27(32)29(30)33)26(31)23-15-17(2)14-18(3)28(23)35-5/h7-16,25,31H,6H2,1-5H3/b26-24+. The van der Waals surface area contributed by atoms with E-state index in [2.05, 4.69) is 6.92 Å². The van der Waals surface area contributed by atoms with Gasteiger partial charge in [-0.3, -0.25) is 14.5 Å². The number of ketones is 1. The molecule has 1 unspecified atom stereocenters. The summed E-state index contributed by atoms with van der Waals surface area (Å²) in [5.74, 6) is -0.690. The lowest BCUT2D eigenvalue weighted by Gasteiger charge is -2.26. The molecule has 1 N–H and O–H groups in total. The van der Waals surface area contributed by atoms with Crippen molar-refractivity contribution in [3.05, 3.63) is 94.1 Å². The molecule has 4 rings (SSSR count). The van der Waals surface area contributed by atoms with Gasteiger partial charge in [-0.1, -0.05) is 37.3 Å². The van der Waals surface area contributed by atoms with Crippen LogP contribution in [0.15, 0.2) is 66.2 Å². The summed E-state index contributed by atoms with van der Waals surface area (Å²) in [4.78, 5) is 28.3. The fourth-order valence-corrected chi connectivity index (χ4v) is 4.66. The van der Waals surface area contributed by atoms with Gasteiger partial charge in [0.05, 0.1) is 31.4 Å². The molecule has 35 heavy (non-hydrogen) atoms. The molecule has 6 nitrogen and oxygen atoms in total. The number of hydrogen-bond donors (Lipinski definition) is 1. The van der Waals surface area contributed by atoms with E-state index in [1.54, 1.807) is 31.4 Å². The quantitative estimate of drug-likeness (QED) is 0.291. The van der Waals surface area contributed by atoms with Crippen LogP contribution in [0.4, 0.5) is 5.69 Å². The predicted octanol–water partition coefficient (Wildman–Crippen LogP) is 5.51. The molecule has 0 bridgehead atoms. The molecule has 6 heteroatoms. The number of amides is 1. The number of Topliss-reactive ketones (excluding diaryl/α,β-unsaturated/α-hetero) is 1. The number of methoxy groups -OCH3 is 2. The number of rotatable bonds is 6. The summed E-state index contributed by atoms with van der Waals surface area (Å²) in [6.07, 6.45) is 0.852. The largest absolute Gasteiger partial charge is 0.507 e. The summed E-state index contributed by atoms with van der Waals surface area (Å²) in [6, 6.07) is 17.6. The van der Waals surface area contributed by atoms with Crippen molar-refractivity contribution in [2.45, 2.75) is 33.2 Å². The van der Waals surface area contributed by atoms with Gasteiger partial charge in [0.1, 0.15) is 17.3 Å². The zero-order valence-electron chi connectivity index (χ0n) is 20.6. The molecule has 0 aliphatic carbocycles. The van der Waals surface area contributed by atoms with Gasteiger partial charge in [0, 0.05) is 5.69 Å². The maximum Gasteiger partial charge on any atom is 0.300 e. The smallest absolute Gasteiger partial charge is 0.300 e. The van der Waals surface area contributed by atoms with E-state index >= 15 is 0 Å². The molecule has 1 atom stereocenters. The molecule has 0 spiro atoms. The molecule has 180 valence electrons. The Hall–Kier alpha value is -4.06. The maximum absolute atomic E-state index is 13.5. The molecular weight excluding hydrogens is 442 g/mol. The topological polar surface area (TPSA) is 76.1 Å². The fraction of sp³-hybridized carbons (Fsp3) is 0.241. The molecule has 3 aromatic rings. The van der Waals surface area contributed by atoms with Crippen LogP contribution in [0.25, 0.3) is 5.76 Å². The molecular formula is C29H29NO5. The minimum Gasteiger partial charge on any atom is -0.507 e. The highest BCUT2D eigenvalue weighted by molar-refractivity contribution is 6.51. The average Bonchev–Trinajstić information content (AvgIpc) is 3.13. The average molecular weight is 472 g/mol. The van der Waals surface area contributed by atoms with Gasteiger partial charge >= 0.3 is 0 Å². The van der Waals surface area contributed by atoms with E-state index in [0.29, 0.717) is 28.3 Å². The molecule has 1 heterocycles. The highest BCUT2D eigenvalue weighted by atomic mass is 16.5. The Bertz CT molecular complexity index is 1320. The molecule has 0 aromatic heterocycles. The number of aryl methyl sites for hydroxylation is 3. The lowest BCUT2D eigenvalue weighted by Crippen LogP contribution is -2.29. The molecule has 1 fully saturated rings. The SMILES string of the molecule is CCc1ccc(N2C(=O)C(=O)/C(=C(/O)c3cc(C)cc(C)c3OC)C2c2cccc(OC)c2)cc1. The van der Waals surface area contributed by atoms with Crippen molar-refractivity contribution in [3.8, 4) is 11.5 Å². The normalized spacial score (nSPS) is 17.1. The molecule has 1 amide bonds. The van der Waals surface area contributed by atoms with Crippen molar-refractivity contribution in [1.82, 2.24) is 0 Å². The first kappa shape index (κ1) is 24.1. The van der Waals surface area contributed by atoms with Crippen LogP contribution in [-0.4, -0.2) is 31.0 Å². The minimum absolute atomic E-state index is 0.00567. The Morgan fingerprint density at radius 3 is 2.31 bits per heavy atom. The van der Waals surface area contributed by atoms with Gasteiger partial charge < -0.3 is 14.6 Å². The number of ether oxygens (including phenoxy) is 2. The van der Waals surface area contributed by atoms with Crippen LogP contribution in [0.3, 0.4) is 0 Å². The number of benzene rings is 3. The van der Waals surface area contributed by atoms with E-state index in [-0.39, 0.29) is 11.3 Å². The number of nitrogens with zero attached hydrogens (tertiary/aromatic N) is 1. The highest BCUT2D eigenvalue weighted by Crippen LogP contribution is 2.44. The number of carbonyl (C=O) groups is 2. The van der Waals surface area contributed by atoms with Crippen LogP contribution < -0.4 is 14.4 Å². The summed E-state index contributed by atoms with van der Waals surface area (Å²) in [7, 11) is 3.07. The molecule has 0 saturated carbocycles. The van der Waals surface area contributed by atoms with Gasteiger partial charge in [-0.2, -0.15) is 0 Å². The third-order valence-electron chi connectivity index (χ3n) is 6.35. The van der Waals surface area contributed by atoms with E-state index in [9.17, 15) is 14.7 Å². The Labute approximate surface area is 205 Å². The Kier molecular flexibility index (Phi) is 6.65. The van der Waals surface area contributed by atoms with E-state index in [1.165, 1.54) is 12.0 Å². The van der Waals surface area contributed by atoms with Crippen LogP contribution in [0.1, 0.15) is 40.8 Å². The second kappa shape index (κ2) is 9.66. The third-order valence-corrected chi connectivity index (χ3v) is 6.35. The lowest BCUT2D eigenvalue weighted by atomic mass is 9.93. The van der Waals surface area contributed by atoms with E-state index in [0.717, 1.165) is 23.1 Å². The third kappa shape index (κ3) is 4.28. The summed E-state index contributed by atoms with van der Waals surface area (Å²) in [5.41, 5.74) is 4.42. The van der Waals surface area contributed by atoms with E-state index < -0.39 is 17.7 Å². The van der Waals surface area contributed by atoms with Gasteiger partial charge in [0.15, 0.2) is 0 Å². The van der Waals surface area contributed by atoms with Crippen LogP contribution in [0.2, 0.25) is 0 Å². The van der Waals surface area contributed by atoms with Gasteiger partial charge in [0.2, 0.25) is 0 Å². The number of carbonyl (C=O) groups excluding carboxylic acids is 2. The van der Waals surface area contributed by atoms with Crippen molar-refractivity contribution in [3.63, 3.8) is 0 Å². The van der Waals surface area contributed by atoms with Gasteiger partial charge in [-0.25, -0.2) is 0 Å². The Morgan fingerprint density at radius 2 is 1.69 bits per heavy atom. The minimum atomic E-state index is -0.844. The van der Waals surface area contributed by atoms with Crippen molar-refractivity contribution >= 4 is 23.1 Å². The van der Waals surface area contributed by atoms with Crippen molar-refractivity contribution in [1.29, 1.82) is 0 Å². The van der Waals surface area contributed by atoms with Gasteiger partial charge in [0.25, 0.3) is 11.7 Å². The highest BCUT2D eigenvalue weighted by Gasteiger charge is 2.47. The molecule has 3 aromatic carbocycles. The number of anilines is 1. The fourth-order valence-electron chi connectivity index (χ4n) is 4.66. The second-order valence-electron chi connectivity index (χ2n) is 8.63. The molecule has 0 radical (unpaired) electrons. The molecule has 1 aliphatic rings. The lowest BCUT2D eigenvalue weighted by molar-refractivity contribution is -0.132. The van der Waals surface area contributed by atoms with Gasteiger partial charge in [-0.05, 0) is 72.9 Å². The first-order valence-corrected chi connectivity index (χ1v) is 11.5. The molecule has 1 saturated heterocycles. The van der Waals surface area contributed by atoms with Crippen molar-refractivity contribution < 1.29 is 24.2 Å². The number of hydrogen-bond acceptors (Lipinski definition) is 5. The van der Waals surface area contributed by atoms with Crippen LogP contribution in [0.5, 0.6) is 11.5 Å². The Morgan fingerprint density at radius 1 is 0.971 bits per heavy atom. The number of aliphatic hydroxyl groups excluding tert-OH is 1. The predicted molar refractivity (Wildman–Crippen MR) is 136 cm³/mol. The van der Waals surface area contributed by atoms with Crippen molar-refractivity contribution in [2.75, 3.05) is 19.1 Å². The number of aliphatic hydroxyl groups is 1. The van der Waals surface area contributed by atoms with Crippen LogP contribution in [-0.2, 0) is 16.0 Å². The van der Waals surface area contributed by atoms with Gasteiger partial charge in [-0.15, -0.1) is 0 Å². The van der Waals surface area contributed by atoms with Crippen LogP contribution in [0, 0.1) is 13.8 Å². The second-order valence-corrected chi connectivity index (χ2v) is 8.63. The zero-order chi connectivity index (χ0) is 25.3. The van der Waals surface area contributed by atoms with E-state index in [1.807, 2.05) is 50.2 Å². The first-order chi connectivity index (χ1) is 16.8. The zero-order valence-corrected chi connectivity index (χ0v) is 20.6. The monoisotopic (exact) mass is 471 g/mol. The summed E-state index contributed by atoms with van der Waals surface area (Å²) in [6.45, 7) is 5.82. The first-order valence-electron chi connectivity index (χ1n) is 11.5. The summed E-state index contributed by atoms with van der Waals surface area (Å²) in [5, 5.41) is 11.5. The summed E-state index contributed by atoms with van der Waals surface area (Å²) >= 11 is 0.